The van der Waals surface area contributed by atoms with Crippen molar-refractivity contribution in [1.82, 2.24) is 5.32 Å². The molecule has 1 heterocycles. The van der Waals surface area contributed by atoms with Crippen molar-refractivity contribution in [2.24, 2.45) is 0 Å². The lowest BCUT2D eigenvalue weighted by Crippen LogP contribution is -2.58. The van der Waals surface area contributed by atoms with Crippen LogP contribution in [0.1, 0.15) is 12.5 Å². The number of carbonyl (C=O) groups excluding carboxylic acids is 1. The Kier molecular flexibility index (Phi) is 5.16. The van der Waals surface area contributed by atoms with Crippen LogP contribution in [0, 0.1) is 5.21 Å². The van der Waals surface area contributed by atoms with E-state index >= 15 is 0 Å². The van der Waals surface area contributed by atoms with Gasteiger partial charge in [0.25, 0.3) is 0 Å². The molecule has 5 nitrogen and oxygen atoms in total. The predicted octanol–water partition coefficient (Wildman–Crippen LogP) is 1.98. The number of nitrogens with one attached hydrogen (secondary N) is 1. The molecular formula is C15H20F3N3O2. The van der Waals surface area contributed by atoms with Gasteiger partial charge >= 0.3 is 6.18 Å². The van der Waals surface area contributed by atoms with Gasteiger partial charge in [0.1, 0.15) is 0 Å². The molecule has 0 bridgehead atoms. The first-order valence-corrected chi connectivity index (χ1v) is 7.43. The molecule has 2 rings (SSSR count). The third kappa shape index (κ3) is 4.84. The number of halogens is 3. The molecule has 8 heteroatoms. The second-order valence-corrected chi connectivity index (χ2v) is 5.75. The fraction of sp³-hybridized carbons (Fsp3) is 0.533. The minimum absolute atomic E-state index is 0.181. The van der Waals surface area contributed by atoms with Crippen LogP contribution in [0.5, 0.6) is 0 Å². The summed E-state index contributed by atoms with van der Waals surface area (Å²) < 4.78 is 37.8. The Hall–Kier alpha value is -1.80. The summed E-state index contributed by atoms with van der Waals surface area (Å²) in [5.41, 5.74) is -0.206. The van der Waals surface area contributed by atoms with E-state index < -0.39 is 16.4 Å². The van der Waals surface area contributed by atoms with E-state index in [1.165, 1.54) is 13.0 Å². The minimum Gasteiger partial charge on any atom is -0.633 e. The van der Waals surface area contributed by atoms with E-state index in [0.29, 0.717) is 25.3 Å². The number of nitrogens with zero attached hydrogens (tertiary/aromatic N) is 2. The summed E-state index contributed by atoms with van der Waals surface area (Å²) >= 11 is 0. The van der Waals surface area contributed by atoms with E-state index in [1.54, 1.807) is 11.0 Å². The van der Waals surface area contributed by atoms with Gasteiger partial charge in [-0.2, -0.15) is 13.2 Å². The van der Waals surface area contributed by atoms with E-state index in [2.05, 4.69) is 5.32 Å². The van der Waals surface area contributed by atoms with Gasteiger partial charge in [0.2, 0.25) is 5.91 Å². The number of piperazine rings is 1. The SMILES string of the molecule is CC(=O)NCC[N+]1([O-])CCN(c2cccc(C(F)(F)F)c2)CC1. The molecule has 0 saturated carbocycles. The van der Waals surface area contributed by atoms with Gasteiger partial charge in [-0.15, -0.1) is 0 Å². The van der Waals surface area contributed by atoms with Crippen LogP contribution in [0.2, 0.25) is 0 Å². The molecule has 0 aliphatic carbocycles. The number of amides is 1. The zero-order valence-corrected chi connectivity index (χ0v) is 12.9. The smallest absolute Gasteiger partial charge is 0.416 e. The molecule has 0 radical (unpaired) electrons. The van der Waals surface area contributed by atoms with Gasteiger partial charge in [0, 0.05) is 12.6 Å². The Morgan fingerprint density at radius 1 is 1.35 bits per heavy atom. The van der Waals surface area contributed by atoms with Crippen LogP contribution in [0.25, 0.3) is 0 Å². The molecule has 0 spiro atoms. The highest BCUT2D eigenvalue weighted by Crippen LogP contribution is 2.32. The van der Waals surface area contributed by atoms with Crippen molar-refractivity contribution in [2.45, 2.75) is 13.1 Å². The van der Waals surface area contributed by atoms with Crippen LogP contribution in [0.3, 0.4) is 0 Å². The molecule has 0 unspecified atom stereocenters. The average Bonchev–Trinajstić information content (AvgIpc) is 2.47. The Morgan fingerprint density at radius 2 is 2.00 bits per heavy atom. The number of hydrogen-bond donors (Lipinski definition) is 1. The fourth-order valence-corrected chi connectivity index (χ4v) is 2.63. The summed E-state index contributed by atoms with van der Waals surface area (Å²) in [4.78, 5) is 12.6. The van der Waals surface area contributed by atoms with E-state index in [9.17, 15) is 23.2 Å². The van der Waals surface area contributed by atoms with Crippen LogP contribution in [-0.2, 0) is 11.0 Å². The van der Waals surface area contributed by atoms with Crippen LogP contribution in [0.4, 0.5) is 18.9 Å². The third-order valence-electron chi connectivity index (χ3n) is 3.99. The van der Waals surface area contributed by atoms with Gasteiger partial charge in [-0.05, 0) is 18.2 Å². The molecule has 1 N–H and O–H groups in total. The number of carbonyl (C=O) groups is 1. The molecule has 1 aliphatic heterocycles. The van der Waals surface area contributed by atoms with Gasteiger partial charge in [-0.25, -0.2) is 0 Å². The number of hydroxylamine groups is 3. The van der Waals surface area contributed by atoms with Crippen molar-refractivity contribution in [3.05, 3.63) is 35.0 Å². The highest BCUT2D eigenvalue weighted by atomic mass is 19.4. The van der Waals surface area contributed by atoms with Crippen molar-refractivity contribution in [3.8, 4) is 0 Å². The third-order valence-corrected chi connectivity index (χ3v) is 3.99. The van der Waals surface area contributed by atoms with Gasteiger partial charge in [-0.1, -0.05) is 6.07 Å². The summed E-state index contributed by atoms with van der Waals surface area (Å²) in [5, 5.41) is 15.1. The number of hydrogen-bond acceptors (Lipinski definition) is 3. The Balaban J connectivity index is 1.95. The molecule has 1 aliphatic rings. The Labute approximate surface area is 132 Å². The quantitative estimate of drug-likeness (QED) is 0.678. The maximum atomic E-state index is 12.8. The number of rotatable bonds is 4. The van der Waals surface area contributed by atoms with Gasteiger partial charge in [-0.3, -0.25) is 4.79 Å². The first kappa shape index (κ1) is 17.6. The maximum Gasteiger partial charge on any atom is 0.416 e. The fourth-order valence-electron chi connectivity index (χ4n) is 2.63. The molecule has 128 valence electrons. The van der Waals surface area contributed by atoms with Crippen molar-refractivity contribution < 1.29 is 22.6 Å². The summed E-state index contributed by atoms with van der Waals surface area (Å²) in [5.74, 6) is -0.181. The monoisotopic (exact) mass is 331 g/mol. The lowest BCUT2D eigenvalue weighted by molar-refractivity contribution is -0.880. The molecule has 1 aromatic carbocycles. The topological polar surface area (TPSA) is 55.4 Å². The van der Waals surface area contributed by atoms with Crippen LogP contribution in [-0.4, -0.2) is 49.8 Å². The van der Waals surface area contributed by atoms with E-state index in [4.69, 9.17) is 0 Å². The second kappa shape index (κ2) is 6.76. The van der Waals surface area contributed by atoms with Crippen molar-refractivity contribution in [1.29, 1.82) is 0 Å². The molecule has 1 amide bonds. The predicted molar refractivity (Wildman–Crippen MR) is 80.6 cm³/mol. The summed E-state index contributed by atoms with van der Waals surface area (Å²) in [6, 6.07) is 5.15. The van der Waals surface area contributed by atoms with Gasteiger partial charge in [0.05, 0.1) is 44.8 Å². The van der Waals surface area contributed by atoms with Gasteiger partial charge in [0.15, 0.2) is 0 Å². The molecule has 1 saturated heterocycles. The van der Waals surface area contributed by atoms with Crippen molar-refractivity contribution >= 4 is 11.6 Å². The molecular weight excluding hydrogens is 311 g/mol. The van der Waals surface area contributed by atoms with Crippen LogP contribution in [0.15, 0.2) is 24.3 Å². The highest BCUT2D eigenvalue weighted by Gasteiger charge is 2.31. The summed E-state index contributed by atoms with van der Waals surface area (Å²) in [7, 11) is 0. The largest absolute Gasteiger partial charge is 0.633 e. The molecule has 23 heavy (non-hydrogen) atoms. The van der Waals surface area contributed by atoms with E-state index in [0.717, 1.165) is 12.1 Å². The summed E-state index contributed by atoms with van der Waals surface area (Å²) in [6.07, 6.45) is -4.37. The number of benzene rings is 1. The first-order valence-electron chi connectivity index (χ1n) is 7.43. The summed E-state index contributed by atoms with van der Waals surface area (Å²) in [6.45, 7) is 3.33. The van der Waals surface area contributed by atoms with Gasteiger partial charge < -0.3 is 20.1 Å². The molecule has 0 atom stereocenters. The van der Waals surface area contributed by atoms with Crippen LogP contribution < -0.4 is 10.2 Å². The Bertz CT molecular complexity index is 555. The maximum absolute atomic E-state index is 12.8. The number of anilines is 1. The molecule has 0 aromatic heterocycles. The lowest BCUT2D eigenvalue weighted by Gasteiger charge is -2.48. The van der Waals surface area contributed by atoms with Crippen molar-refractivity contribution in [2.75, 3.05) is 44.2 Å². The van der Waals surface area contributed by atoms with Crippen molar-refractivity contribution in [3.63, 3.8) is 0 Å². The zero-order valence-electron chi connectivity index (χ0n) is 12.9. The average molecular weight is 331 g/mol. The molecule has 1 aromatic rings. The number of quaternary nitrogens is 1. The normalized spacial score (nSPS) is 17.9. The van der Waals surface area contributed by atoms with E-state index in [-0.39, 0.29) is 25.5 Å². The number of alkyl halides is 3. The second-order valence-electron chi connectivity index (χ2n) is 5.75. The van der Waals surface area contributed by atoms with Crippen LogP contribution >= 0.6 is 0 Å². The first-order chi connectivity index (χ1) is 10.7. The zero-order chi connectivity index (χ0) is 17.1. The highest BCUT2D eigenvalue weighted by molar-refractivity contribution is 5.72. The molecule has 1 fully saturated rings. The standard InChI is InChI=1S/C15H20F3N3O2/c1-12(22)19-5-8-21(23)9-6-20(7-10-21)14-4-2-3-13(11-14)15(16,17)18/h2-4,11H,5-10H2,1H3,(H,19,22). The minimum atomic E-state index is -4.37. The Morgan fingerprint density at radius 3 is 2.57 bits per heavy atom. The van der Waals surface area contributed by atoms with E-state index in [1.807, 2.05) is 0 Å². The lowest BCUT2D eigenvalue weighted by atomic mass is 10.1.